The zero-order valence-electron chi connectivity index (χ0n) is 18.9. The number of anilines is 1. The van der Waals surface area contributed by atoms with Crippen molar-refractivity contribution in [3.8, 4) is 17.1 Å². The second-order valence-electron chi connectivity index (χ2n) is 8.21. The van der Waals surface area contributed by atoms with Gasteiger partial charge in [0.15, 0.2) is 11.7 Å². The Bertz CT molecular complexity index is 1080. The molecule has 1 aliphatic heterocycles. The third-order valence-electron chi connectivity index (χ3n) is 5.86. The summed E-state index contributed by atoms with van der Waals surface area (Å²) in [6.07, 6.45) is 5.45. The molecule has 1 aliphatic rings. The third kappa shape index (κ3) is 5.77. The van der Waals surface area contributed by atoms with Gasteiger partial charge in [0.25, 0.3) is 0 Å². The van der Waals surface area contributed by atoms with Crippen LogP contribution in [0.5, 0.6) is 5.75 Å². The molecule has 0 unspecified atom stereocenters. The summed E-state index contributed by atoms with van der Waals surface area (Å²) < 4.78 is 11.0. The van der Waals surface area contributed by atoms with Crippen molar-refractivity contribution in [3.63, 3.8) is 0 Å². The first-order valence-corrected chi connectivity index (χ1v) is 11.1. The van der Waals surface area contributed by atoms with E-state index in [-0.39, 0.29) is 17.7 Å². The van der Waals surface area contributed by atoms with Crippen molar-refractivity contribution in [3.05, 3.63) is 60.2 Å². The van der Waals surface area contributed by atoms with Gasteiger partial charge < -0.3 is 19.4 Å². The van der Waals surface area contributed by atoms with Crippen molar-refractivity contribution < 1.29 is 18.7 Å². The SMILES string of the molecule is COc1ccc(-c2cnc(CCC(=O)N3CCC(C(=O)Nc4ccc(C)cn4)CC3)o2)cc1. The predicted molar refractivity (Wildman–Crippen MR) is 124 cm³/mol. The van der Waals surface area contributed by atoms with E-state index in [1.807, 2.05) is 42.2 Å². The molecule has 1 saturated heterocycles. The van der Waals surface area contributed by atoms with Gasteiger partial charge in [0.2, 0.25) is 11.8 Å². The number of amides is 2. The maximum atomic E-state index is 12.7. The van der Waals surface area contributed by atoms with Gasteiger partial charge in [-0.05, 0) is 55.7 Å². The number of carbonyl (C=O) groups is 2. The number of methoxy groups -OCH3 is 1. The quantitative estimate of drug-likeness (QED) is 0.589. The van der Waals surface area contributed by atoms with Gasteiger partial charge in [-0.15, -0.1) is 0 Å². The summed E-state index contributed by atoms with van der Waals surface area (Å²) in [4.78, 5) is 35.5. The Labute approximate surface area is 193 Å². The molecule has 0 atom stereocenters. The number of carbonyl (C=O) groups excluding carboxylic acids is 2. The minimum Gasteiger partial charge on any atom is -0.497 e. The molecule has 2 aromatic heterocycles. The average molecular weight is 449 g/mol. The molecule has 3 heterocycles. The first-order chi connectivity index (χ1) is 16.0. The molecule has 0 saturated carbocycles. The van der Waals surface area contributed by atoms with Crippen LogP contribution in [0, 0.1) is 12.8 Å². The number of hydrogen-bond donors (Lipinski definition) is 1. The fraction of sp³-hybridized carbons (Fsp3) is 0.360. The normalized spacial score (nSPS) is 14.2. The van der Waals surface area contributed by atoms with Crippen molar-refractivity contribution in [1.29, 1.82) is 0 Å². The van der Waals surface area contributed by atoms with Crippen LogP contribution >= 0.6 is 0 Å². The van der Waals surface area contributed by atoms with E-state index in [2.05, 4.69) is 15.3 Å². The van der Waals surface area contributed by atoms with E-state index < -0.39 is 0 Å². The number of rotatable bonds is 7. The summed E-state index contributed by atoms with van der Waals surface area (Å²) in [6.45, 7) is 3.09. The Morgan fingerprint density at radius 2 is 1.85 bits per heavy atom. The van der Waals surface area contributed by atoms with E-state index >= 15 is 0 Å². The van der Waals surface area contributed by atoms with Crippen molar-refractivity contribution in [2.45, 2.75) is 32.6 Å². The van der Waals surface area contributed by atoms with Crippen LogP contribution in [-0.2, 0) is 16.0 Å². The standard InChI is InChI=1S/C25H28N4O4/c1-17-3-8-22(26-15-17)28-25(31)19-11-13-29(14-12-19)24(30)10-9-23-27-16-21(33-23)18-4-6-20(32-2)7-5-18/h3-8,15-16,19H,9-14H2,1-2H3,(H,26,28,31). The number of pyridine rings is 1. The monoisotopic (exact) mass is 448 g/mol. The highest BCUT2D eigenvalue weighted by Gasteiger charge is 2.27. The summed E-state index contributed by atoms with van der Waals surface area (Å²) in [5.74, 6) is 2.43. The molecule has 0 bridgehead atoms. The number of aryl methyl sites for hydroxylation is 2. The van der Waals surface area contributed by atoms with E-state index in [9.17, 15) is 9.59 Å². The second-order valence-corrected chi connectivity index (χ2v) is 8.21. The van der Waals surface area contributed by atoms with E-state index in [1.165, 1.54) is 0 Å². The largest absolute Gasteiger partial charge is 0.497 e. The van der Waals surface area contributed by atoms with Crippen molar-refractivity contribution in [1.82, 2.24) is 14.9 Å². The zero-order valence-corrected chi connectivity index (χ0v) is 18.9. The number of piperidine rings is 1. The molecule has 0 spiro atoms. The first-order valence-electron chi connectivity index (χ1n) is 11.1. The van der Waals surface area contributed by atoms with Gasteiger partial charge in [0.05, 0.1) is 13.3 Å². The van der Waals surface area contributed by atoms with Crippen molar-refractivity contribution >= 4 is 17.6 Å². The Kier molecular flexibility index (Phi) is 7.02. The molecule has 8 heteroatoms. The maximum absolute atomic E-state index is 12.7. The van der Waals surface area contributed by atoms with Crippen molar-refractivity contribution in [2.24, 2.45) is 5.92 Å². The highest BCUT2D eigenvalue weighted by Crippen LogP contribution is 2.24. The Morgan fingerprint density at radius 3 is 2.52 bits per heavy atom. The zero-order chi connectivity index (χ0) is 23.2. The molecule has 1 aromatic carbocycles. The van der Waals surface area contributed by atoms with Gasteiger partial charge in [-0.3, -0.25) is 9.59 Å². The number of nitrogens with one attached hydrogen (secondary N) is 1. The lowest BCUT2D eigenvalue weighted by Gasteiger charge is -2.31. The van der Waals surface area contributed by atoms with Gasteiger partial charge in [-0.1, -0.05) is 6.07 Å². The van der Waals surface area contributed by atoms with Gasteiger partial charge in [0, 0.05) is 43.6 Å². The Balaban J connectivity index is 1.23. The molecule has 172 valence electrons. The lowest BCUT2D eigenvalue weighted by molar-refractivity contribution is -0.134. The summed E-state index contributed by atoms with van der Waals surface area (Å²) in [5, 5.41) is 2.87. The molecular weight excluding hydrogens is 420 g/mol. The minimum absolute atomic E-state index is 0.0377. The lowest BCUT2D eigenvalue weighted by Crippen LogP contribution is -2.41. The summed E-state index contributed by atoms with van der Waals surface area (Å²) in [5.41, 5.74) is 1.95. The van der Waals surface area contributed by atoms with Crippen LogP contribution in [0.25, 0.3) is 11.3 Å². The molecule has 4 rings (SSSR count). The summed E-state index contributed by atoms with van der Waals surface area (Å²) >= 11 is 0. The van der Waals surface area contributed by atoms with E-state index in [4.69, 9.17) is 9.15 Å². The smallest absolute Gasteiger partial charge is 0.228 e. The van der Waals surface area contributed by atoms with Crippen molar-refractivity contribution in [2.75, 3.05) is 25.5 Å². The average Bonchev–Trinajstić information content (AvgIpc) is 3.33. The number of aromatic nitrogens is 2. The fourth-order valence-corrected chi connectivity index (χ4v) is 3.85. The molecule has 2 amide bonds. The molecule has 1 fully saturated rings. The number of ether oxygens (including phenoxy) is 1. The van der Waals surface area contributed by atoms with E-state index in [0.29, 0.717) is 56.2 Å². The number of oxazole rings is 1. The highest BCUT2D eigenvalue weighted by atomic mass is 16.5. The van der Waals surface area contributed by atoms with Crippen LogP contribution < -0.4 is 10.1 Å². The topological polar surface area (TPSA) is 97.6 Å². The Morgan fingerprint density at radius 1 is 1.09 bits per heavy atom. The van der Waals surface area contributed by atoms with Gasteiger partial charge in [-0.25, -0.2) is 9.97 Å². The number of likely N-dealkylation sites (tertiary alicyclic amines) is 1. The molecule has 33 heavy (non-hydrogen) atoms. The summed E-state index contributed by atoms with van der Waals surface area (Å²) in [6, 6.07) is 11.3. The van der Waals surface area contributed by atoms with Crippen LogP contribution in [-0.4, -0.2) is 46.9 Å². The number of hydrogen-bond acceptors (Lipinski definition) is 6. The fourth-order valence-electron chi connectivity index (χ4n) is 3.85. The maximum Gasteiger partial charge on any atom is 0.228 e. The molecular formula is C25H28N4O4. The van der Waals surface area contributed by atoms with Gasteiger partial charge in [0.1, 0.15) is 11.6 Å². The second kappa shape index (κ2) is 10.3. The van der Waals surface area contributed by atoms with E-state index in [0.717, 1.165) is 16.9 Å². The Hall–Kier alpha value is -3.68. The molecule has 0 radical (unpaired) electrons. The minimum atomic E-state index is -0.115. The van der Waals surface area contributed by atoms with Gasteiger partial charge in [-0.2, -0.15) is 0 Å². The first kappa shape index (κ1) is 22.5. The number of benzene rings is 1. The third-order valence-corrected chi connectivity index (χ3v) is 5.86. The summed E-state index contributed by atoms with van der Waals surface area (Å²) in [7, 11) is 1.62. The van der Waals surface area contributed by atoms with Crippen LogP contribution in [0.3, 0.4) is 0 Å². The lowest BCUT2D eigenvalue weighted by atomic mass is 9.95. The molecule has 8 nitrogen and oxygen atoms in total. The van der Waals surface area contributed by atoms with Crippen LogP contribution in [0.4, 0.5) is 5.82 Å². The molecule has 1 N–H and O–H groups in total. The predicted octanol–water partition coefficient (Wildman–Crippen LogP) is 3.86. The number of nitrogens with zero attached hydrogens (tertiary/aromatic N) is 3. The molecule has 0 aliphatic carbocycles. The molecule has 3 aromatic rings. The van der Waals surface area contributed by atoms with E-state index in [1.54, 1.807) is 25.6 Å². The van der Waals surface area contributed by atoms with Crippen LogP contribution in [0.15, 0.2) is 53.2 Å². The highest BCUT2D eigenvalue weighted by molar-refractivity contribution is 5.91. The van der Waals surface area contributed by atoms with Gasteiger partial charge >= 0.3 is 0 Å². The van der Waals surface area contributed by atoms with Crippen LogP contribution in [0.2, 0.25) is 0 Å². The van der Waals surface area contributed by atoms with Crippen LogP contribution in [0.1, 0.15) is 30.7 Å².